The Hall–Kier alpha value is -2.81. The number of aryl methyl sites for hydroxylation is 1. The lowest BCUT2D eigenvalue weighted by Gasteiger charge is -2.47. The van der Waals surface area contributed by atoms with Crippen molar-refractivity contribution in [3.8, 4) is 0 Å². The summed E-state index contributed by atoms with van der Waals surface area (Å²) in [6, 6.07) is 7.86. The lowest BCUT2D eigenvalue weighted by Crippen LogP contribution is -2.65. The van der Waals surface area contributed by atoms with Crippen LogP contribution in [0.1, 0.15) is 48.3 Å². The molecule has 0 unspecified atom stereocenters. The Morgan fingerprint density at radius 3 is 2.70 bits per heavy atom. The smallest absolute Gasteiger partial charge is 0.274 e. The average Bonchev–Trinajstić information content (AvgIpc) is 2.67. The molecule has 0 radical (unpaired) electrons. The molecule has 2 aromatic rings. The van der Waals surface area contributed by atoms with Gasteiger partial charge in [-0.15, -0.1) is 0 Å². The summed E-state index contributed by atoms with van der Waals surface area (Å²) in [6.07, 6.45) is 3.15. The molecule has 1 fully saturated rings. The molecule has 1 aliphatic heterocycles. The lowest BCUT2D eigenvalue weighted by molar-refractivity contribution is 0.102. The fourth-order valence-corrected chi connectivity index (χ4v) is 5.85. The Kier molecular flexibility index (Phi) is 4.68. The molecule has 0 bridgehead atoms. The second-order valence-electron chi connectivity index (χ2n) is 8.39. The quantitative estimate of drug-likeness (QED) is 0.678. The number of rotatable bonds is 2. The van der Waals surface area contributed by atoms with Crippen molar-refractivity contribution < 1.29 is 17.6 Å². The summed E-state index contributed by atoms with van der Waals surface area (Å²) < 4.78 is 37.7. The molecule has 0 saturated carbocycles. The molecule has 1 atom stereocenters. The molecule has 1 aromatic carbocycles. The number of hydrogen-bond acceptors (Lipinski definition) is 5. The van der Waals surface area contributed by atoms with Crippen LogP contribution in [0.15, 0.2) is 36.5 Å². The van der Waals surface area contributed by atoms with Gasteiger partial charge in [0.15, 0.2) is 9.84 Å². The van der Waals surface area contributed by atoms with Gasteiger partial charge in [0.25, 0.3) is 5.91 Å². The Labute approximate surface area is 174 Å². The molecule has 1 saturated heterocycles. The number of aromatic nitrogens is 1. The first-order valence-electron chi connectivity index (χ1n) is 9.70. The van der Waals surface area contributed by atoms with Crippen LogP contribution in [0.3, 0.4) is 0 Å². The lowest BCUT2D eigenvalue weighted by atomic mass is 9.76. The maximum atomic E-state index is 13.0. The minimum absolute atomic E-state index is 0.0217. The number of benzene rings is 1. The summed E-state index contributed by atoms with van der Waals surface area (Å²) in [5.74, 6) is -1.15. The summed E-state index contributed by atoms with van der Waals surface area (Å²) in [7, 11) is -3.56. The van der Waals surface area contributed by atoms with Gasteiger partial charge >= 0.3 is 0 Å². The van der Waals surface area contributed by atoms with Crippen LogP contribution in [0.2, 0.25) is 0 Å². The van der Waals surface area contributed by atoms with E-state index in [2.05, 4.69) is 15.6 Å². The van der Waals surface area contributed by atoms with Crippen LogP contribution in [-0.4, -0.2) is 35.6 Å². The highest BCUT2D eigenvalue weighted by molar-refractivity contribution is 7.93. The van der Waals surface area contributed by atoms with Crippen LogP contribution in [-0.2, 0) is 21.8 Å². The van der Waals surface area contributed by atoms with Crippen molar-refractivity contribution in [2.24, 2.45) is 0 Å². The second-order valence-corrected chi connectivity index (χ2v) is 10.9. The number of nitrogens with zero attached hydrogens (tertiary/aromatic N) is 1. The van der Waals surface area contributed by atoms with Crippen LogP contribution < -0.4 is 10.6 Å². The van der Waals surface area contributed by atoms with Crippen molar-refractivity contribution in [3.63, 3.8) is 0 Å². The number of anilines is 1. The molecular weight excluding hydrogens is 407 g/mol. The number of amidine groups is 1. The van der Waals surface area contributed by atoms with Gasteiger partial charge in [-0.3, -0.25) is 10.2 Å². The Balaban J connectivity index is 1.69. The highest BCUT2D eigenvalue weighted by atomic mass is 32.2. The van der Waals surface area contributed by atoms with Gasteiger partial charge in [-0.2, -0.15) is 0 Å². The van der Waals surface area contributed by atoms with Gasteiger partial charge in [-0.05, 0) is 68.5 Å². The van der Waals surface area contributed by atoms with Crippen molar-refractivity contribution in [2.75, 3.05) is 11.1 Å². The summed E-state index contributed by atoms with van der Waals surface area (Å²) in [4.78, 5) is 16.2. The topological polar surface area (TPSA) is 112 Å². The number of carbonyl (C=O) groups is 1. The van der Waals surface area contributed by atoms with Gasteiger partial charge < -0.3 is 10.6 Å². The van der Waals surface area contributed by atoms with Gasteiger partial charge in [0, 0.05) is 5.69 Å². The molecule has 1 aromatic heterocycles. The van der Waals surface area contributed by atoms with Crippen LogP contribution in [0.25, 0.3) is 0 Å². The number of fused-ring (bicyclic) bond motifs is 2. The van der Waals surface area contributed by atoms with Crippen molar-refractivity contribution in [1.29, 1.82) is 5.41 Å². The van der Waals surface area contributed by atoms with E-state index in [1.54, 1.807) is 26.0 Å². The van der Waals surface area contributed by atoms with Gasteiger partial charge in [-0.25, -0.2) is 17.8 Å². The number of carbonyl (C=O) groups excluding carboxylic acids is 1. The molecule has 2 heterocycles. The highest BCUT2D eigenvalue weighted by Gasteiger charge is 2.53. The van der Waals surface area contributed by atoms with E-state index < -0.39 is 31.8 Å². The summed E-state index contributed by atoms with van der Waals surface area (Å²) >= 11 is 0. The van der Waals surface area contributed by atoms with Gasteiger partial charge in [0.2, 0.25) is 0 Å². The van der Waals surface area contributed by atoms with E-state index in [0.29, 0.717) is 12.1 Å². The summed E-state index contributed by atoms with van der Waals surface area (Å²) in [5.41, 5.74) is 1.44. The number of pyridine rings is 1. The third-order valence-corrected chi connectivity index (χ3v) is 8.71. The molecular formula is C21H23FN4O3S. The van der Waals surface area contributed by atoms with Crippen molar-refractivity contribution in [3.05, 3.63) is 59.2 Å². The molecule has 1 aliphatic carbocycles. The van der Waals surface area contributed by atoms with Gasteiger partial charge in [0.05, 0.1) is 17.5 Å². The fraction of sp³-hybridized carbons (Fsp3) is 0.381. The average molecular weight is 431 g/mol. The molecule has 3 N–H and O–H groups in total. The van der Waals surface area contributed by atoms with Crippen LogP contribution in [0, 0.1) is 11.2 Å². The molecule has 2 aliphatic rings. The summed E-state index contributed by atoms with van der Waals surface area (Å²) in [6.45, 7) is 3.08. The molecule has 1 spiro atoms. The Bertz CT molecular complexity index is 1150. The minimum atomic E-state index is -3.56. The summed E-state index contributed by atoms with van der Waals surface area (Å²) in [5, 5.41) is 14.3. The van der Waals surface area contributed by atoms with Crippen molar-refractivity contribution in [2.45, 2.75) is 43.4 Å². The van der Waals surface area contributed by atoms with Gasteiger partial charge in [-0.1, -0.05) is 6.07 Å². The fourth-order valence-electron chi connectivity index (χ4n) is 4.10. The maximum absolute atomic E-state index is 13.0. The number of hydrogen-bond donors (Lipinski definition) is 3. The molecule has 1 amide bonds. The predicted molar refractivity (Wildman–Crippen MR) is 112 cm³/mol. The van der Waals surface area contributed by atoms with E-state index in [4.69, 9.17) is 5.41 Å². The van der Waals surface area contributed by atoms with E-state index in [9.17, 15) is 17.6 Å². The monoisotopic (exact) mass is 430 g/mol. The number of halogens is 1. The van der Waals surface area contributed by atoms with Crippen LogP contribution in [0.4, 0.5) is 10.1 Å². The molecule has 30 heavy (non-hydrogen) atoms. The zero-order chi connectivity index (χ0) is 21.7. The first-order chi connectivity index (χ1) is 14.0. The van der Waals surface area contributed by atoms with E-state index in [-0.39, 0.29) is 17.3 Å². The van der Waals surface area contributed by atoms with E-state index >= 15 is 0 Å². The van der Waals surface area contributed by atoms with Crippen molar-refractivity contribution in [1.82, 2.24) is 10.3 Å². The third kappa shape index (κ3) is 3.27. The van der Waals surface area contributed by atoms with Crippen LogP contribution in [0.5, 0.6) is 0 Å². The highest BCUT2D eigenvalue weighted by Crippen LogP contribution is 2.42. The number of amides is 1. The zero-order valence-corrected chi connectivity index (χ0v) is 17.6. The normalized spacial score (nSPS) is 24.0. The Morgan fingerprint density at radius 2 is 2.03 bits per heavy atom. The standard InChI is InChI=1S/C21H23FN4O3S/c1-20(2)19(23)26-21(12-30(20,28)29)9-3-4-13-5-7-15(10-16(13)21)25-18(27)17-8-6-14(22)11-24-17/h5-8,10-11H,3-4,9,12H2,1-2H3,(H2,23,26)(H,25,27)/t21-/m0/s1. The SMILES string of the molecule is CC1(C)C(=N)N[C@@]2(CCCc3ccc(NC(=O)c4ccc(F)cn4)cc32)CS1(=O)=O. The largest absolute Gasteiger partial charge is 0.362 e. The molecule has 4 rings (SSSR count). The maximum Gasteiger partial charge on any atom is 0.274 e. The molecule has 9 heteroatoms. The predicted octanol–water partition coefficient (Wildman–Crippen LogP) is 2.78. The minimum Gasteiger partial charge on any atom is -0.362 e. The van der Waals surface area contributed by atoms with Crippen LogP contribution >= 0.6 is 0 Å². The van der Waals surface area contributed by atoms with E-state index in [1.807, 2.05) is 6.07 Å². The zero-order valence-electron chi connectivity index (χ0n) is 16.8. The molecule has 7 nitrogen and oxygen atoms in total. The van der Waals surface area contributed by atoms with E-state index in [0.717, 1.165) is 36.2 Å². The number of sulfone groups is 1. The molecule has 158 valence electrons. The third-order valence-electron chi connectivity index (χ3n) is 6.07. The van der Waals surface area contributed by atoms with Crippen molar-refractivity contribution >= 4 is 27.3 Å². The van der Waals surface area contributed by atoms with Gasteiger partial charge in [0.1, 0.15) is 22.1 Å². The first-order valence-corrected chi connectivity index (χ1v) is 11.4. The number of nitrogens with one attached hydrogen (secondary N) is 3. The Morgan fingerprint density at radius 1 is 1.27 bits per heavy atom. The second kappa shape index (κ2) is 6.87. The van der Waals surface area contributed by atoms with E-state index in [1.165, 1.54) is 6.07 Å². The first kappa shape index (κ1) is 20.5.